The fourth-order valence-electron chi connectivity index (χ4n) is 1.00. The number of rotatable bonds is 5. The van der Waals surface area contributed by atoms with Gasteiger partial charge in [0.2, 0.25) is 0 Å². The van der Waals surface area contributed by atoms with E-state index in [1.54, 1.807) is 0 Å². The van der Waals surface area contributed by atoms with Crippen LogP contribution in [0.25, 0.3) is 0 Å². The summed E-state index contributed by atoms with van der Waals surface area (Å²) in [4.78, 5) is 15.6. The highest BCUT2D eigenvalue weighted by Crippen LogP contribution is 2.21. The maximum atomic E-state index is 10.5. The standard InChI is InChI=1S/C10H11INO2PS/c1-8-9(12-10(7-13)16-8)5-3-2-4-6-14-15-11/h7,15H,2,4,6H2,1H3. The van der Waals surface area contributed by atoms with Crippen molar-refractivity contribution in [3.05, 3.63) is 15.6 Å². The Balaban J connectivity index is 2.43. The zero-order valence-electron chi connectivity index (χ0n) is 8.75. The number of nitrogens with zero attached hydrogens (tertiary/aromatic N) is 1. The van der Waals surface area contributed by atoms with Gasteiger partial charge in [-0.15, -0.1) is 11.3 Å². The molecule has 1 heterocycles. The van der Waals surface area contributed by atoms with Crippen LogP contribution in [0.15, 0.2) is 0 Å². The Kier molecular flexibility index (Phi) is 7.13. The minimum atomic E-state index is 0.497. The maximum absolute atomic E-state index is 10.5. The highest BCUT2D eigenvalue weighted by molar-refractivity contribution is 14.2. The molecule has 0 aromatic carbocycles. The third-order valence-electron chi connectivity index (χ3n) is 1.72. The van der Waals surface area contributed by atoms with Gasteiger partial charge >= 0.3 is 0 Å². The van der Waals surface area contributed by atoms with E-state index in [2.05, 4.69) is 38.9 Å². The van der Waals surface area contributed by atoms with E-state index in [1.165, 1.54) is 11.3 Å². The summed E-state index contributed by atoms with van der Waals surface area (Å²) >= 11 is 3.58. The lowest BCUT2D eigenvalue weighted by Gasteiger charge is -1.93. The number of thiazole rings is 1. The molecule has 0 saturated heterocycles. The number of carbonyl (C=O) groups is 1. The topological polar surface area (TPSA) is 39.2 Å². The number of aromatic nitrogens is 1. The third kappa shape index (κ3) is 4.88. The van der Waals surface area contributed by atoms with Crippen LogP contribution in [-0.2, 0) is 4.52 Å². The van der Waals surface area contributed by atoms with Crippen LogP contribution in [0.2, 0.25) is 0 Å². The monoisotopic (exact) mass is 367 g/mol. The van der Waals surface area contributed by atoms with Gasteiger partial charge in [0.05, 0.1) is 13.1 Å². The van der Waals surface area contributed by atoms with Crippen molar-refractivity contribution in [1.29, 1.82) is 0 Å². The second-order valence-electron chi connectivity index (χ2n) is 2.91. The molecule has 0 radical (unpaired) electrons. The first-order valence-electron chi connectivity index (χ1n) is 4.67. The SMILES string of the molecule is Cc1sc(C=O)nc1C#CCCCOPI. The Morgan fingerprint density at radius 1 is 1.69 bits per heavy atom. The van der Waals surface area contributed by atoms with Gasteiger partial charge in [0.1, 0.15) is 5.69 Å². The van der Waals surface area contributed by atoms with Crippen LogP contribution in [-0.4, -0.2) is 17.9 Å². The minimum Gasteiger partial charge on any atom is -0.352 e. The second kappa shape index (κ2) is 8.13. The van der Waals surface area contributed by atoms with Gasteiger partial charge in [-0.25, -0.2) is 4.98 Å². The number of aryl methyl sites for hydroxylation is 1. The Morgan fingerprint density at radius 2 is 2.50 bits per heavy atom. The Morgan fingerprint density at radius 3 is 3.12 bits per heavy atom. The molecule has 0 N–H and O–H groups in total. The van der Waals surface area contributed by atoms with Crippen LogP contribution in [0.5, 0.6) is 0 Å². The van der Waals surface area contributed by atoms with E-state index in [9.17, 15) is 4.79 Å². The van der Waals surface area contributed by atoms with Gasteiger partial charge in [-0.2, -0.15) is 0 Å². The lowest BCUT2D eigenvalue weighted by atomic mass is 10.3. The molecule has 0 spiro atoms. The molecule has 0 amide bonds. The molecule has 1 aromatic heterocycles. The Labute approximate surface area is 114 Å². The van der Waals surface area contributed by atoms with Crippen LogP contribution in [0.1, 0.15) is 33.2 Å². The number of unbranched alkanes of at least 4 members (excludes halogenated alkanes) is 1. The molecule has 0 fully saturated rings. The molecule has 0 aliphatic carbocycles. The smallest absolute Gasteiger partial charge is 0.178 e. The summed E-state index contributed by atoms with van der Waals surface area (Å²) < 4.78 is 5.22. The predicted molar refractivity (Wildman–Crippen MR) is 76.6 cm³/mol. The number of aldehydes is 1. The van der Waals surface area contributed by atoms with Crippen LogP contribution < -0.4 is 0 Å². The van der Waals surface area contributed by atoms with Crippen LogP contribution in [0, 0.1) is 18.8 Å². The molecule has 0 aliphatic heterocycles. The fraction of sp³-hybridized carbons (Fsp3) is 0.400. The van der Waals surface area contributed by atoms with E-state index in [4.69, 9.17) is 4.52 Å². The van der Waals surface area contributed by atoms with Crippen molar-refractivity contribution in [3.8, 4) is 11.8 Å². The number of hydrogen-bond acceptors (Lipinski definition) is 4. The van der Waals surface area contributed by atoms with E-state index < -0.39 is 0 Å². The van der Waals surface area contributed by atoms with E-state index in [0.29, 0.717) is 11.5 Å². The number of carbonyl (C=O) groups excluding carboxylic acids is 1. The van der Waals surface area contributed by atoms with Gasteiger partial charge in [0, 0.05) is 11.3 Å². The van der Waals surface area contributed by atoms with Crippen molar-refractivity contribution in [2.75, 3.05) is 6.61 Å². The summed E-state index contributed by atoms with van der Waals surface area (Å²) in [5.41, 5.74) is 0.726. The van der Waals surface area contributed by atoms with Gasteiger partial charge in [-0.1, -0.05) is 5.92 Å². The largest absolute Gasteiger partial charge is 0.352 e. The lowest BCUT2D eigenvalue weighted by Crippen LogP contribution is -1.83. The summed E-state index contributed by atoms with van der Waals surface area (Å²) in [7, 11) is 0. The fourth-order valence-corrected chi connectivity index (χ4v) is 2.58. The maximum Gasteiger partial charge on any atom is 0.178 e. The van der Waals surface area contributed by atoms with Crippen LogP contribution >= 0.6 is 39.8 Å². The van der Waals surface area contributed by atoms with Crippen molar-refractivity contribution in [2.24, 2.45) is 0 Å². The molecule has 86 valence electrons. The molecule has 1 aromatic rings. The van der Waals surface area contributed by atoms with Gasteiger partial charge in [0.15, 0.2) is 11.3 Å². The molecular formula is C10H11INO2PS. The molecule has 3 nitrogen and oxygen atoms in total. The number of halogens is 1. The van der Waals surface area contributed by atoms with Crippen molar-refractivity contribution in [1.82, 2.24) is 4.98 Å². The summed E-state index contributed by atoms with van der Waals surface area (Å²) in [6, 6.07) is 0. The van der Waals surface area contributed by atoms with E-state index in [-0.39, 0.29) is 0 Å². The van der Waals surface area contributed by atoms with Crippen molar-refractivity contribution >= 4 is 46.1 Å². The molecule has 1 unspecified atom stereocenters. The van der Waals surface area contributed by atoms with E-state index in [1.807, 2.05) is 6.92 Å². The zero-order chi connectivity index (χ0) is 11.8. The summed E-state index contributed by atoms with van der Waals surface area (Å²) in [5.74, 6) is 6.02. The predicted octanol–water partition coefficient (Wildman–Crippen LogP) is 3.36. The van der Waals surface area contributed by atoms with Crippen molar-refractivity contribution < 1.29 is 9.32 Å². The quantitative estimate of drug-likeness (QED) is 0.263. The van der Waals surface area contributed by atoms with Crippen LogP contribution in [0.3, 0.4) is 0 Å². The van der Waals surface area contributed by atoms with Crippen molar-refractivity contribution in [3.63, 3.8) is 0 Å². The van der Waals surface area contributed by atoms with E-state index in [0.717, 1.165) is 36.3 Å². The first kappa shape index (κ1) is 14.0. The first-order chi connectivity index (χ1) is 7.77. The van der Waals surface area contributed by atoms with Crippen LogP contribution in [0.4, 0.5) is 0 Å². The molecule has 1 rings (SSSR count). The molecule has 0 saturated carbocycles. The summed E-state index contributed by atoms with van der Waals surface area (Å²) in [5, 5.41) is 0.497. The van der Waals surface area contributed by atoms with Gasteiger partial charge < -0.3 is 4.52 Å². The zero-order valence-corrected chi connectivity index (χ0v) is 12.7. The Bertz CT molecular complexity index is 411. The molecule has 0 aliphatic rings. The van der Waals surface area contributed by atoms with E-state index >= 15 is 0 Å². The second-order valence-corrected chi connectivity index (χ2v) is 5.90. The first-order valence-corrected chi connectivity index (χ1v) is 9.50. The molecule has 0 bridgehead atoms. The lowest BCUT2D eigenvalue weighted by molar-refractivity contribution is 0.112. The average molecular weight is 367 g/mol. The normalized spacial score (nSPS) is 10.4. The van der Waals surface area contributed by atoms with Gasteiger partial charge in [-0.3, -0.25) is 4.79 Å². The summed E-state index contributed by atoms with van der Waals surface area (Å²) in [6.45, 7) is 3.20. The average Bonchev–Trinajstić information content (AvgIpc) is 2.65. The molecule has 1 atom stereocenters. The third-order valence-corrected chi connectivity index (χ3v) is 3.87. The van der Waals surface area contributed by atoms with Gasteiger partial charge in [-0.05, 0) is 41.3 Å². The Hall–Kier alpha value is -0.0200. The summed E-state index contributed by atoms with van der Waals surface area (Å²) in [6.07, 6.45) is 2.50. The molecule has 16 heavy (non-hydrogen) atoms. The van der Waals surface area contributed by atoms with Gasteiger partial charge in [0.25, 0.3) is 0 Å². The molecular weight excluding hydrogens is 356 g/mol. The highest BCUT2D eigenvalue weighted by Gasteiger charge is 2.03. The number of hydrogen-bond donors (Lipinski definition) is 0. The minimum absolute atomic E-state index is 0.497. The highest BCUT2D eigenvalue weighted by atomic mass is 127. The molecule has 6 heteroatoms. The van der Waals surface area contributed by atoms with Crippen molar-refractivity contribution in [2.45, 2.75) is 19.8 Å².